The number of aromatic nitrogens is 2. The Balaban J connectivity index is 2.23. The van der Waals surface area contributed by atoms with Crippen molar-refractivity contribution in [1.29, 1.82) is 0 Å². The van der Waals surface area contributed by atoms with E-state index < -0.39 is 11.6 Å². The van der Waals surface area contributed by atoms with Gasteiger partial charge in [0.15, 0.2) is 16.8 Å². The number of nitrogens with two attached hydrogens (primary N) is 1. The van der Waals surface area contributed by atoms with Crippen molar-refractivity contribution in [2.24, 2.45) is 0 Å². The van der Waals surface area contributed by atoms with Gasteiger partial charge in [0.1, 0.15) is 0 Å². The summed E-state index contributed by atoms with van der Waals surface area (Å²) in [6.45, 7) is 3.78. The van der Waals surface area contributed by atoms with Crippen molar-refractivity contribution in [3.05, 3.63) is 58.5 Å². The van der Waals surface area contributed by atoms with Gasteiger partial charge in [-0.25, -0.2) is 13.8 Å². The van der Waals surface area contributed by atoms with E-state index in [1.807, 2.05) is 13.8 Å². The summed E-state index contributed by atoms with van der Waals surface area (Å²) < 4.78 is 29.3. The van der Waals surface area contributed by atoms with Gasteiger partial charge in [-0.1, -0.05) is 17.4 Å². The lowest BCUT2D eigenvalue weighted by Gasteiger charge is -2.11. The van der Waals surface area contributed by atoms with E-state index in [1.54, 1.807) is 16.8 Å². The number of anilines is 1. The Morgan fingerprint density at radius 3 is 2.67 bits per heavy atom. The SMILES string of the molecule is CC(C)n1cc(-c2sc(N)nc2-c2cccc(F)c2F)ccc1=O. The zero-order valence-corrected chi connectivity index (χ0v) is 13.9. The van der Waals surface area contributed by atoms with Gasteiger partial charge < -0.3 is 10.3 Å². The molecule has 0 aliphatic heterocycles. The quantitative estimate of drug-likeness (QED) is 0.776. The second kappa shape index (κ2) is 6.16. The highest BCUT2D eigenvalue weighted by molar-refractivity contribution is 7.19. The molecule has 7 heteroatoms. The van der Waals surface area contributed by atoms with Gasteiger partial charge in [0.05, 0.1) is 10.6 Å². The van der Waals surface area contributed by atoms with Crippen LogP contribution in [0.25, 0.3) is 21.7 Å². The summed E-state index contributed by atoms with van der Waals surface area (Å²) in [5, 5.41) is 0.242. The van der Waals surface area contributed by atoms with Gasteiger partial charge in [-0.3, -0.25) is 4.79 Å². The third-order valence-electron chi connectivity index (χ3n) is 3.61. The Kier molecular flexibility index (Phi) is 4.19. The molecule has 0 aliphatic carbocycles. The molecule has 0 saturated carbocycles. The van der Waals surface area contributed by atoms with Crippen LogP contribution in [0.4, 0.5) is 13.9 Å². The van der Waals surface area contributed by atoms with Crippen molar-refractivity contribution in [2.45, 2.75) is 19.9 Å². The number of nitrogen functional groups attached to an aromatic ring is 1. The molecule has 0 aliphatic rings. The molecular formula is C17H15F2N3OS. The van der Waals surface area contributed by atoms with Crippen LogP contribution < -0.4 is 11.3 Å². The van der Waals surface area contributed by atoms with E-state index in [0.29, 0.717) is 10.4 Å². The predicted octanol–water partition coefficient (Wildman–Crippen LogP) is 4.08. The zero-order valence-electron chi connectivity index (χ0n) is 13.1. The molecule has 2 aromatic heterocycles. The molecule has 3 rings (SSSR count). The molecule has 0 saturated heterocycles. The smallest absolute Gasteiger partial charge is 0.250 e. The number of hydrogen-bond donors (Lipinski definition) is 1. The zero-order chi connectivity index (χ0) is 17.4. The summed E-state index contributed by atoms with van der Waals surface area (Å²) in [5.74, 6) is -1.92. The number of hydrogen-bond acceptors (Lipinski definition) is 4. The predicted molar refractivity (Wildman–Crippen MR) is 92.0 cm³/mol. The number of nitrogens with zero attached hydrogens (tertiary/aromatic N) is 2. The van der Waals surface area contributed by atoms with Crippen LogP contribution in [0.2, 0.25) is 0 Å². The minimum absolute atomic E-state index is 0.0305. The molecule has 0 unspecified atom stereocenters. The molecule has 124 valence electrons. The molecule has 2 N–H and O–H groups in total. The van der Waals surface area contributed by atoms with Gasteiger partial charge in [0.2, 0.25) is 0 Å². The highest BCUT2D eigenvalue weighted by atomic mass is 32.1. The Bertz CT molecular complexity index is 963. The minimum atomic E-state index is -0.971. The van der Waals surface area contributed by atoms with Crippen molar-refractivity contribution in [1.82, 2.24) is 9.55 Å². The topological polar surface area (TPSA) is 60.9 Å². The van der Waals surface area contributed by atoms with Gasteiger partial charge in [-0.05, 0) is 32.0 Å². The second-order valence-electron chi connectivity index (χ2n) is 5.59. The van der Waals surface area contributed by atoms with Crippen LogP contribution in [0.3, 0.4) is 0 Å². The standard InChI is InChI=1S/C17H15F2N3OS/c1-9(2)22-8-10(6-7-13(22)23)16-15(21-17(20)24-16)11-4-3-5-12(18)14(11)19/h3-9H,1-2H3,(H2,20,21). The van der Waals surface area contributed by atoms with E-state index >= 15 is 0 Å². The molecule has 0 spiro atoms. The Morgan fingerprint density at radius 2 is 1.96 bits per heavy atom. The normalized spacial score (nSPS) is 11.2. The molecule has 24 heavy (non-hydrogen) atoms. The Morgan fingerprint density at radius 1 is 1.21 bits per heavy atom. The van der Waals surface area contributed by atoms with Crippen LogP contribution in [0, 0.1) is 11.6 Å². The molecule has 1 aromatic carbocycles. The lowest BCUT2D eigenvalue weighted by molar-refractivity contribution is 0.511. The number of pyridine rings is 1. The molecule has 2 heterocycles. The number of benzene rings is 1. The fourth-order valence-corrected chi connectivity index (χ4v) is 3.28. The Hall–Kier alpha value is -2.54. The van der Waals surface area contributed by atoms with E-state index in [2.05, 4.69) is 4.98 Å². The van der Waals surface area contributed by atoms with Crippen molar-refractivity contribution in [3.8, 4) is 21.7 Å². The fourth-order valence-electron chi connectivity index (χ4n) is 2.44. The molecule has 0 bridgehead atoms. The fraction of sp³-hybridized carbons (Fsp3) is 0.176. The summed E-state index contributed by atoms with van der Waals surface area (Å²) in [4.78, 5) is 16.7. The average molecular weight is 347 g/mol. The molecule has 4 nitrogen and oxygen atoms in total. The van der Waals surface area contributed by atoms with E-state index in [0.717, 1.165) is 6.07 Å². The third kappa shape index (κ3) is 2.82. The van der Waals surface area contributed by atoms with E-state index in [4.69, 9.17) is 5.73 Å². The first-order chi connectivity index (χ1) is 11.4. The lowest BCUT2D eigenvalue weighted by Crippen LogP contribution is -2.20. The van der Waals surface area contributed by atoms with Crippen LogP contribution in [0.15, 0.2) is 41.3 Å². The highest BCUT2D eigenvalue weighted by Crippen LogP contribution is 2.39. The molecule has 0 amide bonds. The van der Waals surface area contributed by atoms with Crippen molar-refractivity contribution < 1.29 is 8.78 Å². The van der Waals surface area contributed by atoms with Gasteiger partial charge in [-0.15, -0.1) is 0 Å². The van der Waals surface area contributed by atoms with Crippen LogP contribution in [-0.2, 0) is 0 Å². The van der Waals surface area contributed by atoms with Crippen LogP contribution in [0.1, 0.15) is 19.9 Å². The third-order valence-corrected chi connectivity index (χ3v) is 4.54. The minimum Gasteiger partial charge on any atom is -0.375 e. The molecule has 3 aromatic rings. The second-order valence-corrected chi connectivity index (χ2v) is 6.62. The Labute approximate surface area is 141 Å². The largest absolute Gasteiger partial charge is 0.375 e. The van der Waals surface area contributed by atoms with E-state index in [1.165, 1.54) is 29.5 Å². The number of thiazole rings is 1. The summed E-state index contributed by atoms with van der Waals surface area (Å²) in [5.41, 5.74) is 6.64. The van der Waals surface area contributed by atoms with Gasteiger partial charge >= 0.3 is 0 Å². The van der Waals surface area contributed by atoms with Gasteiger partial charge in [0, 0.05) is 29.4 Å². The maximum Gasteiger partial charge on any atom is 0.250 e. The van der Waals surface area contributed by atoms with Crippen molar-refractivity contribution in [3.63, 3.8) is 0 Å². The monoisotopic (exact) mass is 347 g/mol. The van der Waals surface area contributed by atoms with E-state index in [-0.39, 0.29) is 28.0 Å². The maximum absolute atomic E-state index is 14.2. The van der Waals surface area contributed by atoms with Crippen molar-refractivity contribution >= 4 is 16.5 Å². The van der Waals surface area contributed by atoms with Crippen LogP contribution in [0.5, 0.6) is 0 Å². The molecule has 0 fully saturated rings. The summed E-state index contributed by atoms with van der Waals surface area (Å²) in [6.07, 6.45) is 1.68. The number of halogens is 2. The molecular weight excluding hydrogens is 332 g/mol. The average Bonchev–Trinajstić information content (AvgIpc) is 2.92. The van der Waals surface area contributed by atoms with Crippen LogP contribution in [-0.4, -0.2) is 9.55 Å². The summed E-state index contributed by atoms with van der Waals surface area (Å²) in [7, 11) is 0. The van der Waals surface area contributed by atoms with E-state index in [9.17, 15) is 13.6 Å². The molecule has 0 radical (unpaired) electrons. The highest BCUT2D eigenvalue weighted by Gasteiger charge is 2.19. The summed E-state index contributed by atoms with van der Waals surface area (Å²) >= 11 is 1.17. The first-order valence-corrected chi connectivity index (χ1v) is 8.13. The van der Waals surface area contributed by atoms with Crippen molar-refractivity contribution in [2.75, 3.05) is 5.73 Å². The first kappa shape index (κ1) is 16.3. The van der Waals surface area contributed by atoms with Gasteiger partial charge in [0.25, 0.3) is 5.56 Å². The van der Waals surface area contributed by atoms with Gasteiger partial charge in [-0.2, -0.15) is 0 Å². The first-order valence-electron chi connectivity index (χ1n) is 7.31. The lowest BCUT2D eigenvalue weighted by atomic mass is 10.1. The molecule has 0 atom stereocenters. The van der Waals surface area contributed by atoms with Crippen LogP contribution >= 0.6 is 11.3 Å². The summed E-state index contributed by atoms with van der Waals surface area (Å²) in [6, 6.07) is 6.97. The number of rotatable bonds is 3. The maximum atomic E-state index is 14.2.